The Bertz CT molecular complexity index is 1210. The first-order valence-electron chi connectivity index (χ1n) is 8.85. The Morgan fingerprint density at radius 2 is 1.52 bits per heavy atom. The van der Waals surface area contributed by atoms with Crippen LogP contribution in [0.1, 0.15) is 10.4 Å². The number of anilines is 2. The molecule has 10 heteroatoms. The molecule has 0 heterocycles. The molecule has 0 atom stereocenters. The number of benzene rings is 3. The number of sulfonamides is 1. The number of halogens is 2. The van der Waals surface area contributed by atoms with Gasteiger partial charge in [-0.1, -0.05) is 23.2 Å². The van der Waals surface area contributed by atoms with E-state index in [2.05, 4.69) is 10.0 Å². The van der Waals surface area contributed by atoms with Crippen molar-refractivity contribution in [3.8, 4) is 11.5 Å². The molecule has 2 N–H and O–H groups in total. The van der Waals surface area contributed by atoms with Crippen molar-refractivity contribution in [1.82, 2.24) is 0 Å². The highest BCUT2D eigenvalue weighted by Gasteiger charge is 2.21. The van der Waals surface area contributed by atoms with E-state index in [0.29, 0.717) is 27.9 Å². The molecule has 0 aliphatic carbocycles. The number of hydrogen-bond acceptors (Lipinski definition) is 5. The molecule has 0 saturated carbocycles. The van der Waals surface area contributed by atoms with Crippen molar-refractivity contribution in [3.05, 3.63) is 76.3 Å². The number of ether oxygens (including phenoxy) is 2. The van der Waals surface area contributed by atoms with Gasteiger partial charge in [-0.05, 0) is 60.7 Å². The first kappa shape index (κ1) is 22.7. The standard InChI is InChI=1S/C21H18Cl2N2O5S/c1-29-16-7-4-14(5-8-16)25-31(27,28)20-11-13(3-9-17(20)22)21(26)24-15-6-10-19(30-2)18(23)12-15/h3-12,25H,1-2H3,(H,24,26). The number of hydrogen-bond donors (Lipinski definition) is 2. The molecule has 162 valence electrons. The summed E-state index contributed by atoms with van der Waals surface area (Å²) in [6.45, 7) is 0. The molecule has 7 nitrogen and oxygen atoms in total. The third kappa shape index (κ3) is 5.41. The molecule has 3 rings (SSSR count). The first-order valence-corrected chi connectivity index (χ1v) is 11.1. The van der Waals surface area contributed by atoms with Gasteiger partial charge in [0.1, 0.15) is 16.4 Å². The van der Waals surface area contributed by atoms with Crippen molar-refractivity contribution in [3.63, 3.8) is 0 Å². The predicted molar refractivity (Wildman–Crippen MR) is 121 cm³/mol. The zero-order chi connectivity index (χ0) is 22.6. The second-order valence-corrected chi connectivity index (χ2v) is 8.75. The van der Waals surface area contributed by atoms with Crippen LogP contribution in [-0.4, -0.2) is 28.5 Å². The Balaban J connectivity index is 1.84. The van der Waals surface area contributed by atoms with Crippen LogP contribution in [0.4, 0.5) is 11.4 Å². The van der Waals surface area contributed by atoms with E-state index in [4.69, 9.17) is 32.7 Å². The lowest BCUT2D eigenvalue weighted by atomic mass is 10.2. The lowest BCUT2D eigenvalue weighted by Gasteiger charge is -2.12. The highest BCUT2D eigenvalue weighted by Crippen LogP contribution is 2.29. The molecule has 0 fully saturated rings. The van der Waals surface area contributed by atoms with Gasteiger partial charge in [-0.2, -0.15) is 0 Å². The van der Waals surface area contributed by atoms with Gasteiger partial charge in [-0.25, -0.2) is 8.42 Å². The lowest BCUT2D eigenvalue weighted by molar-refractivity contribution is 0.102. The highest BCUT2D eigenvalue weighted by atomic mass is 35.5. The summed E-state index contributed by atoms with van der Waals surface area (Å²) in [5.74, 6) is 0.515. The van der Waals surface area contributed by atoms with Gasteiger partial charge in [0.25, 0.3) is 15.9 Å². The molecule has 3 aromatic rings. The van der Waals surface area contributed by atoms with Crippen LogP contribution in [0, 0.1) is 0 Å². The van der Waals surface area contributed by atoms with Gasteiger partial charge in [0.15, 0.2) is 0 Å². The average Bonchev–Trinajstić information content (AvgIpc) is 2.74. The summed E-state index contributed by atoms with van der Waals surface area (Å²) in [6, 6.07) is 15.0. The van der Waals surface area contributed by atoms with Crippen LogP contribution in [0.5, 0.6) is 11.5 Å². The maximum absolute atomic E-state index is 12.8. The summed E-state index contributed by atoms with van der Waals surface area (Å²) in [7, 11) is -1.06. The molecular weight excluding hydrogens is 463 g/mol. The van der Waals surface area contributed by atoms with Crippen LogP contribution in [0.15, 0.2) is 65.6 Å². The van der Waals surface area contributed by atoms with E-state index in [1.54, 1.807) is 36.4 Å². The van der Waals surface area contributed by atoms with E-state index in [1.165, 1.54) is 38.5 Å². The van der Waals surface area contributed by atoms with Crippen LogP contribution in [-0.2, 0) is 10.0 Å². The quantitative estimate of drug-likeness (QED) is 0.492. The van der Waals surface area contributed by atoms with E-state index >= 15 is 0 Å². The second-order valence-electron chi connectivity index (χ2n) is 6.28. The molecule has 0 aliphatic rings. The van der Waals surface area contributed by atoms with Crippen LogP contribution >= 0.6 is 23.2 Å². The molecule has 31 heavy (non-hydrogen) atoms. The SMILES string of the molecule is COc1ccc(NS(=O)(=O)c2cc(C(=O)Nc3ccc(OC)c(Cl)c3)ccc2Cl)cc1. The summed E-state index contributed by atoms with van der Waals surface area (Å²) < 4.78 is 38.2. The molecule has 0 radical (unpaired) electrons. The van der Waals surface area contributed by atoms with E-state index in [1.807, 2.05) is 0 Å². The molecule has 0 spiro atoms. The van der Waals surface area contributed by atoms with E-state index in [0.717, 1.165) is 0 Å². The van der Waals surface area contributed by atoms with E-state index in [-0.39, 0.29) is 15.5 Å². The monoisotopic (exact) mass is 480 g/mol. The van der Waals surface area contributed by atoms with Gasteiger partial charge in [-0.15, -0.1) is 0 Å². The molecule has 1 amide bonds. The fourth-order valence-corrected chi connectivity index (χ4v) is 4.51. The number of rotatable bonds is 7. The zero-order valence-corrected chi connectivity index (χ0v) is 18.8. The number of carbonyl (C=O) groups is 1. The maximum Gasteiger partial charge on any atom is 0.263 e. The van der Waals surface area contributed by atoms with Gasteiger partial charge in [0.05, 0.1) is 24.3 Å². The molecular formula is C21H18Cl2N2O5S. The Morgan fingerprint density at radius 1 is 0.839 bits per heavy atom. The molecule has 0 bridgehead atoms. The summed E-state index contributed by atoms with van der Waals surface area (Å²) in [5.41, 5.74) is 0.845. The minimum absolute atomic E-state index is 0.0231. The van der Waals surface area contributed by atoms with Crippen molar-refractivity contribution < 1.29 is 22.7 Å². The molecule has 0 aliphatic heterocycles. The smallest absolute Gasteiger partial charge is 0.263 e. The second kappa shape index (κ2) is 9.47. The van der Waals surface area contributed by atoms with Crippen LogP contribution in [0.2, 0.25) is 10.0 Å². The van der Waals surface area contributed by atoms with Gasteiger partial charge in [0, 0.05) is 16.9 Å². The molecule has 3 aromatic carbocycles. The Labute approximate surface area is 189 Å². The number of amides is 1. The third-order valence-electron chi connectivity index (χ3n) is 4.23. The minimum Gasteiger partial charge on any atom is -0.497 e. The van der Waals surface area contributed by atoms with Crippen molar-refractivity contribution in [2.75, 3.05) is 24.3 Å². The third-order valence-corrected chi connectivity index (χ3v) is 6.39. The minimum atomic E-state index is -4.05. The summed E-state index contributed by atoms with van der Waals surface area (Å²) in [5, 5.41) is 2.96. The fourth-order valence-electron chi connectivity index (χ4n) is 2.67. The predicted octanol–water partition coefficient (Wildman–Crippen LogP) is 5.06. The number of carbonyl (C=O) groups excluding carboxylic acids is 1. The average molecular weight is 481 g/mol. The van der Waals surface area contributed by atoms with Crippen LogP contribution < -0.4 is 19.5 Å². The lowest BCUT2D eigenvalue weighted by Crippen LogP contribution is -2.16. The van der Waals surface area contributed by atoms with Gasteiger partial charge >= 0.3 is 0 Å². The van der Waals surface area contributed by atoms with Crippen molar-refractivity contribution in [1.29, 1.82) is 0 Å². The fraction of sp³-hybridized carbons (Fsp3) is 0.0952. The summed E-state index contributed by atoms with van der Waals surface area (Å²) >= 11 is 12.2. The van der Waals surface area contributed by atoms with Crippen molar-refractivity contribution >= 4 is 50.5 Å². The highest BCUT2D eigenvalue weighted by molar-refractivity contribution is 7.92. The van der Waals surface area contributed by atoms with Gasteiger partial charge in [0.2, 0.25) is 0 Å². The maximum atomic E-state index is 12.8. The van der Waals surface area contributed by atoms with Crippen molar-refractivity contribution in [2.45, 2.75) is 4.90 Å². The molecule has 0 aromatic heterocycles. The largest absolute Gasteiger partial charge is 0.497 e. The van der Waals surface area contributed by atoms with E-state index < -0.39 is 15.9 Å². The van der Waals surface area contributed by atoms with E-state index in [9.17, 15) is 13.2 Å². The topological polar surface area (TPSA) is 93.7 Å². The van der Waals surface area contributed by atoms with Gasteiger partial charge < -0.3 is 14.8 Å². The summed E-state index contributed by atoms with van der Waals surface area (Å²) in [4.78, 5) is 12.4. The zero-order valence-electron chi connectivity index (χ0n) is 16.5. The Kier molecular flexibility index (Phi) is 6.94. The summed E-state index contributed by atoms with van der Waals surface area (Å²) in [6.07, 6.45) is 0. The molecule has 0 unspecified atom stereocenters. The van der Waals surface area contributed by atoms with Crippen LogP contribution in [0.25, 0.3) is 0 Å². The van der Waals surface area contributed by atoms with Gasteiger partial charge in [-0.3, -0.25) is 9.52 Å². The van der Waals surface area contributed by atoms with Crippen LogP contribution in [0.3, 0.4) is 0 Å². The first-order chi connectivity index (χ1) is 14.7. The number of nitrogens with one attached hydrogen (secondary N) is 2. The molecule has 0 saturated heterocycles. The number of methoxy groups -OCH3 is 2. The van der Waals surface area contributed by atoms with Crippen molar-refractivity contribution in [2.24, 2.45) is 0 Å². The Hall–Kier alpha value is -2.94. The normalized spacial score (nSPS) is 11.0. The Morgan fingerprint density at radius 3 is 2.13 bits per heavy atom.